The number of nitrogens with zero attached hydrogens (tertiary/aromatic N) is 2. The van der Waals surface area contributed by atoms with Crippen LogP contribution in [-0.2, 0) is 0 Å². The van der Waals surface area contributed by atoms with E-state index in [1.54, 1.807) is 6.20 Å². The number of benzene rings is 2. The van der Waals surface area contributed by atoms with E-state index in [0.717, 1.165) is 28.7 Å². The van der Waals surface area contributed by atoms with Crippen molar-refractivity contribution in [2.75, 3.05) is 5.32 Å². The van der Waals surface area contributed by atoms with Crippen LogP contribution in [0.15, 0.2) is 36.5 Å². The molecule has 2 bridgehead atoms. The van der Waals surface area contributed by atoms with Crippen molar-refractivity contribution in [3.05, 3.63) is 53.7 Å². The van der Waals surface area contributed by atoms with Crippen LogP contribution in [0, 0.1) is 29.4 Å². The quantitative estimate of drug-likeness (QED) is 0.341. The number of aromatic amines is 1. The first kappa shape index (κ1) is 20.4. The minimum absolute atomic E-state index is 0.281. The molecule has 4 saturated carbocycles. The summed E-state index contributed by atoms with van der Waals surface area (Å²) in [5.41, 5.74) is 3.11. The van der Waals surface area contributed by atoms with Crippen LogP contribution in [0.1, 0.15) is 56.9 Å². The number of para-hydroxylation sites is 1. The molecule has 2 heterocycles. The fourth-order valence-corrected chi connectivity index (χ4v) is 6.63. The van der Waals surface area contributed by atoms with Crippen LogP contribution >= 0.6 is 0 Å². The van der Waals surface area contributed by atoms with Crippen LogP contribution < -0.4 is 5.32 Å². The molecule has 0 aliphatic heterocycles. The van der Waals surface area contributed by atoms with E-state index in [1.165, 1.54) is 50.2 Å². The van der Waals surface area contributed by atoms with Crippen molar-refractivity contribution in [3.63, 3.8) is 0 Å². The summed E-state index contributed by atoms with van der Waals surface area (Å²) < 4.78 is 28.5. The first-order valence-electron chi connectivity index (χ1n) is 12.6. The fourth-order valence-electron chi connectivity index (χ4n) is 6.63. The molecule has 4 aromatic rings. The molecule has 0 unspecified atom stereocenters. The Morgan fingerprint density at radius 3 is 2.50 bits per heavy atom. The average Bonchev–Trinajstić information content (AvgIpc) is 3.60. The van der Waals surface area contributed by atoms with Crippen molar-refractivity contribution in [1.82, 2.24) is 15.0 Å². The predicted molar refractivity (Wildman–Crippen MR) is 131 cm³/mol. The second-order valence-electron chi connectivity index (χ2n) is 10.6. The maximum absolute atomic E-state index is 14.4. The zero-order valence-corrected chi connectivity index (χ0v) is 19.2. The summed E-state index contributed by atoms with van der Waals surface area (Å²) in [6.45, 7) is 2.37. The van der Waals surface area contributed by atoms with Crippen LogP contribution in [-0.4, -0.2) is 21.0 Å². The van der Waals surface area contributed by atoms with E-state index in [-0.39, 0.29) is 5.52 Å². The molecular weight excluding hydrogens is 430 g/mol. The van der Waals surface area contributed by atoms with Crippen molar-refractivity contribution < 1.29 is 8.78 Å². The summed E-state index contributed by atoms with van der Waals surface area (Å²) in [7, 11) is 0. The highest BCUT2D eigenvalue weighted by Crippen LogP contribution is 2.47. The molecule has 2 aromatic heterocycles. The van der Waals surface area contributed by atoms with Gasteiger partial charge in [0, 0.05) is 34.6 Å². The Hall–Kier alpha value is -3.02. The topological polar surface area (TPSA) is 53.6 Å². The number of fused-ring (bicyclic) bond motifs is 5. The van der Waals surface area contributed by atoms with Gasteiger partial charge in [-0.1, -0.05) is 19.1 Å². The number of nitrogens with one attached hydrogen (secondary N) is 2. The lowest BCUT2D eigenvalue weighted by molar-refractivity contribution is 0.0929. The van der Waals surface area contributed by atoms with Gasteiger partial charge >= 0.3 is 0 Å². The molecule has 0 radical (unpaired) electrons. The van der Waals surface area contributed by atoms with Gasteiger partial charge in [0.05, 0.1) is 11.0 Å². The third-order valence-corrected chi connectivity index (χ3v) is 8.66. The van der Waals surface area contributed by atoms with E-state index in [1.807, 2.05) is 0 Å². The molecule has 4 aliphatic carbocycles. The van der Waals surface area contributed by atoms with Crippen molar-refractivity contribution in [1.29, 1.82) is 0 Å². The van der Waals surface area contributed by atoms with Gasteiger partial charge in [-0.05, 0) is 79.9 Å². The van der Waals surface area contributed by atoms with E-state index in [9.17, 15) is 8.78 Å². The highest BCUT2D eigenvalue weighted by atomic mass is 19.1. The van der Waals surface area contributed by atoms with Gasteiger partial charge in [0.2, 0.25) is 0 Å². The van der Waals surface area contributed by atoms with Gasteiger partial charge in [-0.2, -0.15) is 0 Å². The summed E-state index contributed by atoms with van der Waals surface area (Å²) in [6, 6.07) is 9.04. The third-order valence-electron chi connectivity index (χ3n) is 8.66. The molecule has 4 nitrogen and oxygen atoms in total. The van der Waals surface area contributed by atoms with Gasteiger partial charge in [-0.3, -0.25) is 0 Å². The monoisotopic (exact) mass is 458 g/mol. The lowest BCUT2D eigenvalue weighted by Gasteiger charge is -2.47. The molecular formula is C28H28F2N4. The van der Waals surface area contributed by atoms with E-state index in [4.69, 9.17) is 9.97 Å². The van der Waals surface area contributed by atoms with Gasteiger partial charge < -0.3 is 10.3 Å². The first-order valence-corrected chi connectivity index (χ1v) is 12.6. The van der Waals surface area contributed by atoms with E-state index >= 15 is 0 Å². The standard InChI is InChI=1S/C28H28F2N4/c1-14-15-5-9-17(10-6-15)24(14)32-27-20-4-2-3-19(16-7-8-16)25(20)33-28(34-27)22-13-31-26-21(22)11-18(29)12-23(26)30/h2-4,11-17,24,31H,5-10H2,1H3,(H,32,33,34)/t14-,15?,17?,24+/m0/s1. The summed E-state index contributed by atoms with van der Waals surface area (Å²) in [6.07, 6.45) is 9.26. The van der Waals surface area contributed by atoms with Gasteiger partial charge in [0.15, 0.2) is 5.82 Å². The highest BCUT2D eigenvalue weighted by molar-refractivity contribution is 5.98. The van der Waals surface area contributed by atoms with Crippen LogP contribution in [0.5, 0.6) is 0 Å². The van der Waals surface area contributed by atoms with Gasteiger partial charge in [0.25, 0.3) is 0 Å². The van der Waals surface area contributed by atoms with Gasteiger partial charge in [0.1, 0.15) is 17.5 Å². The van der Waals surface area contributed by atoms with E-state index < -0.39 is 11.6 Å². The number of anilines is 1. The Morgan fingerprint density at radius 1 is 0.941 bits per heavy atom. The number of H-pyrrole nitrogens is 1. The van der Waals surface area contributed by atoms with Crippen molar-refractivity contribution in [2.45, 2.75) is 57.4 Å². The Balaban J connectivity index is 1.41. The van der Waals surface area contributed by atoms with Gasteiger partial charge in [-0.15, -0.1) is 0 Å². The van der Waals surface area contributed by atoms with Crippen LogP contribution in [0.2, 0.25) is 0 Å². The number of aromatic nitrogens is 3. The lowest BCUT2D eigenvalue weighted by Crippen LogP contribution is -2.47. The Morgan fingerprint density at radius 2 is 1.74 bits per heavy atom. The second-order valence-corrected chi connectivity index (χ2v) is 10.6. The molecule has 2 atom stereocenters. The number of hydrogen-bond donors (Lipinski definition) is 2. The molecule has 2 N–H and O–H groups in total. The molecule has 0 saturated heterocycles. The highest BCUT2D eigenvalue weighted by Gasteiger charge is 2.41. The molecule has 8 rings (SSSR count). The largest absolute Gasteiger partial charge is 0.366 e. The predicted octanol–water partition coefficient (Wildman–Crippen LogP) is 7.17. The zero-order chi connectivity index (χ0) is 23.0. The number of rotatable bonds is 4. The van der Waals surface area contributed by atoms with Crippen molar-refractivity contribution >= 4 is 27.6 Å². The summed E-state index contributed by atoms with van der Waals surface area (Å²) in [5.74, 6) is 2.71. The average molecular weight is 459 g/mol. The van der Waals surface area contributed by atoms with Crippen molar-refractivity contribution in [3.8, 4) is 11.4 Å². The normalized spacial score (nSPS) is 26.4. The summed E-state index contributed by atoms with van der Waals surface area (Å²) >= 11 is 0. The number of halogens is 2. The molecule has 174 valence electrons. The molecule has 6 heteroatoms. The van der Waals surface area contributed by atoms with Gasteiger partial charge in [-0.25, -0.2) is 18.7 Å². The Kier molecular flexibility index (Phi) is 4.49. The fraction of sp³-hybridized carbons (Fsp3) is 0.429. The summed E-state index contributed by atoms with van der Waals surface area (Å²) in [5, 5.41) is 5.37. The lowest BCUT2D eigenvalue weighted by atomic mass is 9.62. The van der Waals surface area contributed by atoms with Crippen molar-refractivity contribution in [2.24, 2.45) is 17.8 Å². The molecule has 2 aromatic carbocycles. The third kappa shape index (κ3) is 3.14. The van der Waals surface area contributed by atoms with E-state index in [0.29, 0.717) is 40.6 Å². The van der Waals surface area contributed by atoms with Crippen LogP contribution in [0.3, 0.4) is 0 Å². The second kappa shape index (κ2) is 7.49. The molecule has 0 amide bonds. The maximum Gasteiger partial charge on any atom is 0.164 e. The molecule has 4 aliphatic rings. The van der Waals surface area contributed by atoms with Crippen LogP contribution in [0.25, 0.3) is 33.2 Å². The summed E-state index contributed by atoms with van der Waals surface area (Å²) in [4.78, 5) is 13.0. The molecule has 34 heavy (non-hydrogen) atoms. The smallest absolute Gasteiger partial charge is 0.164 e. The SMILES string of the molecule is C[C@H]1C2CCC(CC2)[C@@H]1Nc1nc(-c2c[nH]c3c(F)cc(F)cc23)nc2c(C3CC3)cccc12. The minimum Gasteiger partial charge on any atom is -0.366 e. The molecule has 0 spiro atoms. The molecule has 4 fully saturated rings. The van der Waals surface area contributed by atoms with E-state index in [2.05, 4.69) is 35.4 Å². The maximum atomic E-state index is 14.4. The Bertz CT molecular complexity index is 1410. The Labute approximate surface area is 197 Å². The number of hydrogen-bond acceptors (Lipinski definition) is 3. The zero-order valence-electron chi connectivity index (χ0n) is 19.2. The minimum atomic E-state index is -0.605. The first-order chi connectivity index (χ1) is 16.6. The van der Waals surface area contributed by atoms with Crippen LogP contribution in [0.4, 0.5) is 14.6 Å².